The minimum atomic E-state index is 0.843. The lowest BCUT2D eigenvalue weighted by molar-refractivity contribution is 1.47. The Labute approximate surface area is 142 Å². The van der Waals surface area contributed by atoms with E-state index in [0.29, 0.717) is 0 Å². The van der Waals surface area contributed by atoms with E-state index in [1.54, 1.807) is 0 Å². The molecule has 0 aliphatic heterocycles. The van der Waals surface area contributed by atoms with Gasteiger partial charge in [0.1, 0.15) is 0 Å². The van der Waals surface area contributed by atoms with Gasteiger partial charge in [0.05, 0.1) is 0 Å². The zero-order valence-corrected chi connectivity index (χ0v) is 13.7. The Kier molecular flexibility index (Phi) is 3.55. The lowest BCUT2D eigenvalue weighted by Crippen LogP contribution is -1.96. The van der Waals surface area contributed by atoms with Crippen LogP contribution in [0.25, 0.3) is 33.0 Å². The molecule has 0 unspecified atom stereocenters. The molecule has 1 heteroatoms. The summed E-state index contributed by atoms with van der Waals surface area (Å²) in [4.78, 5) is 0. The Morgan fingerprint density at radius 2 is 1.33 bits per heavy atom. The SMILES string of the molecule is Cc1ccc(-c2c(-c3ccccc3)cc3ccccc3c2N)cc1. The fourth-order valence-corrected chi connectivity index (χ4v) is 3.25. The molecule has 0 atom stereocenters. The summed E-state index contributed by atoms with van der Waals surface area (Å²) < 4.78 is 0. The first-order valence-corrected chi connectivity index (χ1v) is 8.18. The first-order valence-electron chi connectivity index (χ1n) is 8.18. The number of anilines is 1. The van der Waals surface area contributed by atoms with E-state index < -0.39 is 0 Å². The zero-order valence-electron chi connectivity index (χ0n) is 13.7. The summed E-state index contributed by atoms with van der Waals surface area (Å²) in [5.41, 5.74) is 13.3. The van der Waals surface area contributed by atoms with E-state index in [1.165, 1.54) is 22.1 Å². The fraction of sp³-hybridized carbons (Fsp3) is 0.0435. The second-order valence-corrected chi connectivity index (χ2v) is 6.17. The van der Waals surface area contributed by atoms with E-state index in [-0.39, 0.29) is 0 Å². The van der Waals surface area contributed by atoms with Gasteiger partial charge in [-0.1, -0.05) is 84.4 Å². The van der Waals surface area contributed by atoms with Crippen LogP contribution in [0.15, 0.2) is 84.9 Å². The van der Waals surface area contributed by atoms with E-state index in [2.05, 4.69) is 79.7 Å². The summed E-state index contributed by atoms with van der Waals surface area (Å²) in [6, 6.07) is 29.6. The van der Waals surface area contributed by atoms with Crippen LogP contribution in [0.4, 0.5) is 5.69 Å². The van der Waals surface area contributed by atoms with E-state index in [0.717, 1.165) is 22.2 Å². The standard InChI is InChI=1S/C23H19N/c1-16-11-13-18(14-12-16)22-21(17-7-3-2-4-8-17)15-19-9-5-6-10-20(19)23(22)24/h2-15H,24H2,1H3. The predicted molar refractivity (Wildman–Crippen MR) is 104 cm³/mol. The van der Waals surface area contributed by atoms with Gasteiger partial charge in [-0.15, -0.1) is 0 Å². The largest absolute Gasteiger partial charge is 0.398 e. The van der Waals surface area contributed by atoms with Crippen LogP contribution in [0.1, 0.15) is 5.56 Å². The Balaban J connectivity index is 2.09. The molecule has 0 aliphatic carbocycles. The van der Waals surface area contributed by atoms with Gasteiger partial charge in [-0.2, -0.15) is 0 Å². The number of nitrogens with two attached hydrogens (primary N) is 1. The van der Waals surface area contributed by atoms with Crippen LogP contribution in [0.3, 0.4) is 0 Å². The van der Waals surface area contributed by atoms with Gasteiger partial charge in [0.15, 0.2) is 0 Å². The molecule has 0 bridgehead atoms. The highest BCUT2D eigenvalue weighted by Gasteiger charge is 2.14. The van der Waals surface area contributed by atoms with Crippen LogP contribution < -0.4 is 5.73 Å². The number of nitrogen functional groups attached to an aromatic ring is 1. The summed E-state index contributed by atoms with van der Waals surface area (Å²) in [6.45, 7) is 2.10. The van der Waals surface area contributed by atoms with Crippen LogP contribution >= 0.6 is 0 Å². The summed E-state index contributed by atoms with van der Waals surface area (Å²) >= 11 is 0. The minimum Gasteiger partial charge on any atom is -0.398 e. The second-order valence-electron chi connectivity index (χ2n) is 6.17. The van der Waals surface area contributed by atoms with Crippen molar-refractivity contribution in [1.29, 1.82) is 0 Å². The molecule has 116 valence electrons. The van der Waals surface area contributed by atoms with Gasteiger partial charge in [-0.25, -0.2) is 0 Å². The molecule has 0 saturated carbocycles. The number of hydrogen-bond acceptors (Lipinski definition) is 1. The Morgan fingerprint density at radius 1 is 0.667 bits per heavy atom. The third kappa shape index (κ3) is 2.44. The van der Waals surface area contributed by atoms with E-state index in [9.17, 15) is 0 Å². The minimum absolute atomic E-state index is 0.843. The number of rotatable bonds is 2. The van der Waals surface area contributed by atoms with Crippen molar-refractivity contribution in [3.05, 3.63) is 90.5 Å². The van der Waals surface area contributed by atoms with Gasteiger partial charge >= 0.3 is 0 Å². The monoisotopic (exact) mass is 309 g/mol. The van der Waals surface area contributed by atoms with Crippen LogP contribution in [-0.2, 0) is 0 Å². The van der Waals surface area contributed by atoms with Crippen LogP contribution in [-0.4, -0.2) is 0 Å². The molecule has 24 heavy (non-hydrogen) atoms. The van der Waals surface area contributed by atoms with E-state index in [4.69, 9.17) is 5.73 Å². The highest BCUT2D eigenvalue weighted by molar-refractivity contribution is 6.07. The summed E-state index contributed by atoms with van der Waals surface area (Å²) in [7, 11) is 0. The highest BCUT2D eigenvalue weighted by atomic mass is 14.6. The molecule has 0 aromatic heterocycles. The second kappa shape index (κ2) is 5.86. The molecule has 0 spiro atoms. The number of benzene rings is 4. The first kappa shape index (κ1) is 14.5. The average Bonchev–Trinajstić information content (AvgIpc) is 2.63. The highest BCUT2D eigenvalue weighted by Crippen LogP contribution is 2.41. The van der Waals surface area contributed by atoms with Gasteiger partial charge in [-0.3, -0.25) is 0 Å². The number of fused-ring (bicyclic) bond motifs is 1. The maximum absolute atomic E-state index is 6.63. The maximum Gasteiger partial charge on any atom is 0.0479 e. The molecule has 0 amide bonds. The van der Waals surface area contributed by atoms with Crippen LogP contribution in [0, 0.1) is 6.92 Å². The first-order chi connectivity index (χ1) is 11.7. The lowest BCUT2D eigenvalue weighted by Gasteiger charge is -2.16. The average molecular weight is 309 g/mol. The smallest absolute Gasteiger partial charge is 0.0479 e. The molecule has 1 nitrogen and oxygen atoms in total. The van der Waals surface area contributed by atoms with Gasteiger partial charge in [0.25, 0.3) is 0 Å². The number of hydrogen-bond donors (Lipinski definition) is 1. The Hall–Kier alpha value is -3.06. The quantitative estimate of drug-likeness (QED) is 0.447. The van der Waals surface area contributed by atoms with Crippen molar-refractivity contribution in [2.24, 2.45) is 0 Å². The molecule has 0 heterocycles. The Bertz CT molecular complexity index is 999. The molecule has 0 radical (unpaired) electrons. The molecule has 4 rings (SSSR count). The van der Waals surface area contributed by atoms with Crippen molar-refractivity contribution in [1.82, 2.24) is 0 Å². The van der Waals surface area contributed by atoms with Crippen LogP contribution in [0.5, 0.6) is 0 Å². The molecule has 0 aliphatic rings. The molecule has 4 aromatic carbocycles. The number of aryl methyl sites for hydroxylation is 1. The van der Waals surface area contributed by atoms with Gasteiger partial charge in [-0.05, 0) is 35.1 Å². The molecular weight excluding hydrogens is 290 g/mol. The van der Waals surface area contributed by atoms with Gasteiger partial charge in [0, 0.05) is 16.6 Å². The molecule has 0 fully saturated rings. The van der Waals surface area contributed by atoms with Crippen molar-refractivity contribution in [2.75, 3.05) is 5.73 Å². The molecular formula is C23H19N. The molecule has 2 N–H and O–H groups in total. The molecule has 4 aromatic rings. The lowest BCUT2D eigenvalue weighted by atomic mass is 9.89. The third-order valence-electron chi connectivity index (χ3n) is 4.51. The molecule has 0 saturated heterocycles. The Morgan fingerprint density at radius 3 is 2.08 bits per heavy atom. The zero-order chi connectivity index (χ0) is 16.5. The third-order valence-corrected chi connectivity index (χ3v) is 4.51. The van der Waals surface area contributed by atoms with Crippen molar-refractivity contribution in [3.8, 4) is 22.3 Å². The summed E-state index contributed by atoms with van der Waals surface area (Å²) in [5, 5.41) is 2.28. The summed E-state index contributed by atoms with van der Waals surface area (Å²) in [6.07, 6.45) is 0. The fourth-order valence-electron chi connectivity index (χ4n) is 3.25. The topological polar surface area (TPSA) is 26.0 Å². The van der Waals surface area contributed by atoms with Gasteiger partial charge in [0.2, 0.25) is 0 Å². The van der Waals surface area contributed by atoms with Crippen molar-refractivity contribution >= 4 is 16.5 Å². The summed E-state index contributed by atoms with van der Waals surface area (Å²) in [5.74, 6) is 0. The normalized spacial score (nSPS) is 10.9. The van der Waals surface area contributed by atoms with Crippen molar-refractivity contribution in [2.45, 2.75) is 6.92 Å². The van der Waals surface area contributed by atoms with Crippen molar-refractivity contribution in [3.63, 3.8) is 0 Å². The predicted octanol–water partition coefficient (Wildman–Crippen LogP) is 6.06. The van der Waals surface area contributed by atoms with Gasteiger partial charge < -0.3 is 5.73 Å². The van der Waals surface area contributed by atoms with Crippen molar-refractivity contribution < 1.29 is 0 Å². The maximum atomic E-state index is 6.63. The van der Waals surface area contributed by atoms with Crippen LogP contribution in [0.2, 0.25) is 0 Å². The van der Waals surface area contributed by atoms with E-state index >= 15 is 0 Å². The van der Waals surface area contributed by atoms with E-state index in [1.807, 2.05) is 12.1 Å².